The van der Waals surface area contributed by atoms with E-state index in [2.05, 4.69) is 31.2 Å². The van der Waals surface area contributed by atoms with Crippen LogP contribution in [0.3, 0.4) is 0 Å². The zero-order chi connectivity index (χ0) is 25.6. The molecule has 0 aliphatic heterocycles. The van der Waals surface area contributed by atoms with E-state index in [1.165, 1.54) is 13.0 Å². The molecule has 186 valence electrons. The van der Waals surface area contributed by atoms with E-state index in [1.807, 2.05) is 54.6 Å². The molecule has 0 bridgehead atoms. The second-order valence-corrected chi connectivity index (χ2v) is 8.16. The van der Waals surface area contributed by atoms with Gasteiger partial charge < -0.3 is 21.3 Å². The number of halogens is 1. The number of nitrogens with zero attached hydrogens (tertiary/aromatic N) is 2. The molecule has 0 spiro atoms. The summed E-state index contributed by atoms with van der Waals surface area (Å²) in [5.41, 5.74) is 1.88. The first-order valence-electron chi connectivity index (χ1n) is 11.5. The maximum Gasteiger partial charge on any atom is 0.244 e. The van der Waals surface area contributed by atoms with Crippen molar-refractivity contribution in [3.8, 4) is 11.4 Å². The molecule has 0 radical (unpaired) electrons. The molecule has 0 fully saturated rings. The summed E-state index contributed by atoms with van der Waals surface area (Å²) in [4.78, 5) is 32.3. The third kappa shape index (κ3) is 9.60. The lowest BCUT2D eigenvalue weighted by atomic mass is 10.2. The molecule has 1 heterocycles. The Morgan fingerprint density at radius 3 is 2.11 bits per heavy atom. The molecule has 1 aromatic heterocycles. The van der Waals surface area contributed by atoms with Gasteiger partial charge in [-0.25, -0.2) is 9.97 Å². The molecule has 2 amide bonds. The summed E-state index contributed by atoms with van der Waals surface area (Å²) in [5, 5.41) is 12.6. The van der Waals surface area contributed by atoms with Crippen LogP contribution in [0.15, 0.2) is 78.9 Å². The molecule has 8 nitrogen and oxygen atoms in total. The molecule has 0 aliphatic carbocycles. The number of hydrogen-bond acceptors (Lipinski definition) is 6. The Morgan fingerprint density at radius 2 is 1.47 bits per heavy atom. The third-order valence-electron chi connectivity index (χ3n) is 4.81. The molecule has 0 saturated heterocycles. The quantitative estimate of drug-likeness (QED) is 0.168. The lowest BCUT2D eigenvalue weighted by molar-refractivity contribution is -0.119. The number of rotatable bonds is 12. The summed E-state index contributed by atoms with van der Waals surface area (Å²) in [5.74, 6) is 1.47. The van der Waals surface area contributed by atoms with Gasteiger partial charge in [0, 0.05) is 55.8 Å². The van der Waals surface area contributed by atoms with Crippen molar-refractivity contribution in [3.05, 3.63) is 89.5 Å². The average molecular weight is 505 g/mol. The van der Waals surface area contributed by atoms with Gasteiger partial charge in [-0.15, -0.1) is 0 Å². The topological polar surface area (TPSA) is 108 Å². The first-order valence-corrected chi connectivity index (χ1v) is 11.9. The SMILES string of the molecule is CC(=O)NCCNc1cc(NCCNC(=O)C=CC=Cc2ccccc2)nc(-c2ccc(Cl)cc2)n1. The zero-order valence-corrected chi connectivity index (χ0v) is 20.8. The predicted octanol–water partition coefficient (Wildman–Crippen LogP) is 4.14. The Morgan fingerprint density at radius 1 is 0.833 bits per heavy atom. The normalized spacial score (nSPS) is 10.9. The second-order valence-electron chi connectivity index (χ2n) is 7.73. The molecule has 36 heavy (non-hydrogen) atoms. The molecule has 0 aliphatic rings. The first-order chi connectivity index (χ1) is 17.5. The zero-order valence-electron chi connectivity index (χ0n) is 20.0. The van der Waals surface area contributed by atoms with Crippen molar-refractivity contribution in [2.24, 2.45) is 0 Å². The Balaban J connectivity index is 1.54. The molecule has 0 saturated carbocycles. The summed E-state index contributed by atoms with van der Waals surface area (Å²) in [6.45, 7) is 3.34. The fourth-order valence-corrected chi connectivity index (χ4v) is 3.22. The number of nitrogens with one attached hydrogen (secondary N) is 4. The number of benzene rings is 2. The minimum atomic E-state index is -0.181. The Bertz CT molecular complexity index is 1200. The monoisotopic (exact) mass is 504 g/mol. The van der Waals surface area contributed by atoms with Crippen molar-refractivity contribution in [3.63, 3.8) is 0 Å². The maximum absolute atomic E-state index is 12.0. The van der Waals surface area contributed by atoms with Crippen LogP contribution in [0.25, 0.3) is 17.5 Å². The van der Waals surface area contributed by atoms with Gasteiger partial charge >= 0.3 is 0 Å². The van der Waals surface area contributed by atoms with Crippen LogP contribution in [0, 0.1) is 0 Å². The van der Waals surface area contributed by atoms with Crippen LogP contribution in [0.4, 0.5) is 11.6 Å². The van der Waals surface area contributed by atoms with E-state index in [0.29, 0.717) is 48.7 Å². The van der Waals surface area contributed by atoms with Crippen LogP contribution < -0.4 is 21.3 Å². The van der Waals surface area contributed by atoms with Crippen molar-refractivity contribution < 1.29 is 9.59 Å². The van der Waals surface area contributed by atoms with Crippen LogP contribution >= 0.6 is 11.6 Å². The van der Waals surface area contributed by atoms with Crippen LogP contribution in [0.1, 0.15) is 12.5 Å². The van der Waals surface area contributed by atoms with Crippen LogP contribution in [-0.4, -0.2) is 48.0 Å². The van der Waals surface area contributed by atoms with Crippen molar-refractivity contribution in [2.45, 2.75) is 6.92 Å². The first kappa shape index (κ1) is 26.4. The fourth-order valence-electron chi connectivity index (χ4n) is 3.09. The van der Waals surface area contributed by atoms with Gasteiger partial charge in [0.05, 0.1) is 0 Å². The van der Waals surface area contributed by atoms with E-state index in [4.69, 9.17) is 11.6 Å². The molecule has 3 rings (SSSR count). The molecule has 2 aromatic carbocycles. The molecule has 0 atom stereocenters. The lowest BCUT2D eigenvalue weighted by Crippen LogP contribution is -2.27. The van der Waals surface area contributed by atoms with Crippen molar-refractivity contribution >= 4 is 41.1 Å². The van der Waals surface area contributed by atoms with Gasteiger partial charge in [-0.1, -0.05) is 60.2 Å². The minimum Gasteiger partial charge on any atom is -0.368 e. The number of anilines is 2. The number of hydrogen-bond donors (Lipinski definition) is 4. The van der Waals surface area contributed by atoms with Gasteiger partial charge in [-0.05, 0) is 29.8 Å². The molecule has 9 heteroatoms. The van der Waals surface area contributed by atoms with Gasteiger partial charge in [0.1, 0.15) is 11.6 Å². The standard InChI is InChI=1S/C27H29ClN6O2/c1-20(35)29-15-16-30-24-19-25(34-27(33-24)22-11-13-23(28)14-12-22)31-17-18-32-26(36)10-6-5-9-21-7-3-2-4-8-21/h2-14,19H,15-18H2,1H3,(H,29,35)(H,32,36)(H2,30,31,33,34). The highest BCUT2D eigenvalue weighted by Crippen LogP contribution is 2.22. The fraction of sp³-hybridized carbons (Fsp3) is 0.185. The smallest absolute Gasteiger partial charge is 0.244 e. The van der Waals surface area contributed by atoms with Crippen LogP contribution in [-0.2, 0) is 9.59 Å². The average Bonchev–Trinajstić information content (AvgIpc) is 2.88. The van der Waals surface area contributed by atoms with E-state index < -0.39 is 0 Å². The van der Waals surface area contributed by atoms with E-state index in [0.717, 1.165) is 11.1 Å². The Hall–Kier alpha value is -4.17. The third-order valence-corrected chi connectivity index (χ3v) is 5.06. The van der Waals surface area contributed by atoms with E-state index >= 15 is 0 Å². The number of carbonyl (C=O) groups is 2. The lowest BCUT2D eigenvalue weighted by Gasteiger charge is -2.12. The maximum atomic E-state index is 12.0. The van der Waals surface area contributed by atoms with E-state index in [9.17, 15) is 9.59 Å². The van der Waals surface area contributed by atoms with Crippen molar-refractivity contribution in [1.82, 2.24) is 20.6 Å². The van der Waals surface area contributed by atoms with Gasteiger partial charge in [0.15, 0.2) is 5.82 Å². The van der Waals surface area contributed by atoms with Gasteiger partial charge in [-0.2, -0.15) is 0 Å². The molecule has 4 N–H and O–H groups in total. The van der Waals surface area contributed by atoms with Crippen molar-refractivity contribution in [1.29, 1.82) is 0 Å². The molecular weight excluding hydrogens is 476 g/mol. The second kappa shape index (κ2) is 14.3. The summed E-state index contributed by atoms with van der Waals surface area (Å²) in [6.07, 6.45) is 6.95. The van der Waals surface area contributed by atoms with Gasteiger partial charge in [0.2, 0.25) is 11.8 Å². The highest BCUT2D eigenvalue weighted by atomic mass is 35.5. The number of amides is 2. The number of allylic oxidation sites excluding steroid dienone is 2. The Kier molecular flexibility index (Phi) is 10.5. The van der Waals surface area contributed by atoms with Gasteiger partial charge in [0.25, 0.3) is 0 Å². The highest BCUT2D eigenvalue weighted by molar-refractivity contribution is 6.30. The van der Waals surface area contributed by atoms with Crippen LogP contribution in [0.2, 0.25) is 5.02 Å². The molecular formula is C27H29ClN6O2. The van der Waals surface area contributed by atoms with Crippen LogP contribution in [0.5, 0.6) is 0 Å². The predicted molar refractivity (Wildman–Crippen MR) is 146 cm³/mol. The summed E-state index contributed by atoms with van der Waals surface area (Å²) in [6, 6.07) is 18.9. The largest absolute Gasteiger partial charge is 0.368 e. The Labute approximate surface area is 215 Å². The van der Waals surface area contributed by atoms with E-state index in [1.54, 1.807) is 24.3 Å². The number of aromatic nitrogens is 2. The molecule has 0 unspecified atom stereocenters. The summed E-state index contributed by atoms with van der Waals surface area (Å²) >= 11 is 6.01. The summed E-state index contributed by atoms with van der Waals surface area (Å²) < 4.78 is 0. The molecule has 3 aromatic rings. The summed E-state index contributed by atoms with van der Waals surface area (Å²) in [7, 11) is 0. The van der Waals surface area contributed by atoms with E-state index in [-0.39, 0.29) is 11.8 Å². The highest BCUT2D eigenvalue weighted by Gasteiger charge is 2.08. The number of carbonyl (C=O) groups excluding carboxylic acids is 2. The van der Waals surface area contributed by atoms with Gasteiger partial charge in [-0.3, -0.25) is 9.59 Å². The van der Waals surface area contributed by atoms with Crippen molar-refractivity contribution in [2.75, 3.05) is 36.8 Å². The minimum absolute atomic E-state index is 0.0900.